The molecule has 0 amide bonds. The van der Waals surface area contributed by atoms with Crippen molar-refractivity contribution < 1.29 is 18.6 Å². The van der Waals surface area contributed by atoms with Crippen LogP contribution in [0.4, 0.5) is 8.78 Å². The Kier molecular flexibility index (Phi) is 6.00. The summed E-state index contributed by atoms with van der Waals surface area (Å²) in [6.45, 7) is 0.661. The lowest BCUT2D eigenvalue weighted by Gasteiger charge is -2.35. The van der Waals surface area contributed by atoms with Crippen molar-refractivity contribution in [2.45, 2.75) is 43.9 Å². The fraction of sp³-hybridized carbons (Fsp3) is 0.400. The van der Waals surface area contributed by atoms with Crippen LogP contribution in [0.1, 0.15) is 24.8 Å². The molecule has 0 heterocycles. The minimum atomic E-state index is -0.633. The summed E-state index contributed by atoms with van der Waals surface area (Å²) in [5.74, 6) is 0.0160. The highest BCUT2D eigenvalue weighted by Crippen LogP contribution is 2.24. The van der Waals surface area contributed by atoms with Crippen molar-refractivity contribution in [3.05, 3.63) is 65.7 Å². The zero-order valence-electron chi connectivity index (χ0n) is 14.0. The number of halogens is 2. The van der Waals surface area contributed by atoms with Gasteiger partial charge in [0.15, 0.2) is 0 Å². The molecule has 0 aromatic heterocycles. The Hall–Kier alpha value is -1.98. The molecule has 1 saturated carbocycles. The molecule has 0 spiro atoms. The van der Waals surface area contributed by atoms with Gasteiger partial charge in [-0.3, -0.25) is 0 Å². The van der Waals surface area contributed by atoms with Crippen LogP contribution in [0.5, 0.6) is 5.75 Å². The Morgan fingerprint density at radius 3 is 2.60 bits per heavy atom. The van der Waals surface area contributed by atoms with Crippen LogP contribution in [0.15, 0.2) is 48.5 Å². The van der Waals surface area contributed by atoms with Gasteiger partial charge in [-0.2, -0.15) is 0 Å². The van der Waals surface area contributed by atoms with E-state index in [1.54, 1.807) is 18.2 Å². The number of aliphatic hydroxyl groups is 1. The largest absolute Gasteiger partial charge is 0.488 e. The summed E-state index contributed by atoms with van der Waals surface area (Å²) in [5, 5.41) is 13.9. The Labute approximate surface area is 146 Å². The smallest absolute Gasteiger partial charge is 0.126 e. The number of rotatable bonds is 6. The maximum absolute atomic E-state index is 13.2. The molecule has 0 unspecified atom stereocenters. The summed E-state index contributed by atoms with van der Waals surface area (Å²) in [6.07, 6.45) is 2.33. The molecule has 0 bridgehead atoms. The van der Waals surface area contributed by atoms with Gasteiger partial charge in [0.25, 0.3) is 0 Å². The summed E-state index contributed by atoms with van der Waals surface area (Å²) in [4.78, 5) is 0. The first kappa shape index (κ1) is 17.8. The van der Waals surface area contributed by atoms with Gasteiger partial charge in [-0.15, -0.1) is 0 Å². The third kappa shape index (κ3) is 5.00. The van der Waals surface area contributed by atoms with Gasteiger partial charge in [0.05, 0.1) is 0 Å². The van der Waals surface area contributed by atoms with Crippen molar-refractivity contribution in [2.24, 2.45) is 0 Å². The quantitative estimate of drug-likeness (QED) is 0.841. The van der Waals surface area contributed by atoms with E-state index in [9.17, 15) is 13.9 Å². The predicted octanol–water partition coefficient (Wildman–Crippen LogP) is 3.46. The van der Waals surface area contributed by atoms with Crippen LogP contribution in [0, 0.1) is 11.6 Å². The topological polar surface area (TPSA) is 41.5 Å². The number of benzene rings is 2. The fourth-order valence-corrected chi connectivity index (χ4v) is 3.27. The van der Waals surface area contributed by atoms with Crippen LogP contribution >= 0.6 is 0 Å². The van der Waals surface area contributed by atoms with Crippen LogP contribution in [-0.2, 0) is 6.42 Å². The van der Waals surface area contributed by atoms with Crippen molar-refractivity contribution in [1.29, 1.82) is 0 Å². The minimum Gasteiger partial charge on any atom is -0.488 e. The van der Waals surface area contributed by atoms with Crippen LogP contribution < -0.4 is 10.1 Å². The van der Waals surface area contributed by atoms with E-state index in [1.165, 1.54) is 24.3 Å². The zero-order chi connectivity index (χ0) is 17.6. The molecule has 0 saturated heterocycles. The van der Waals surface area contributed by atoms with E-state index in [2.05, 4.69) is 5.32 Å². The Balaban J connectivity index is 1.51. The maximum Gasteiger partial charge on any atom is 0.126 e. The van der Waals surface area contributed by atoms with E-state index < -0.39 is 6.10 Å². The Bertz CT molecular complexity index is 678. The lowest BCUT2D eigenvalue weighted by molar-refractivity contribution is -0.0151. The van der Waals surface area contributed by atoms with Gasteiger partial charge in [-0.25, -0.2) is 8.78 Å². The second-order valence-corrected chi connectivity index (χ2v) is 6.47. The number of hydrogen-bond acceptors (Lipinski definition) is 3. The molecular formula is C20H23F2NO2. The van der Waals surface area contributed by atoms with E-state index in [-0.39, 0.29) is 23.8 Å². The van der Waals surface area contributed by atoms with E-state index in [0.29, 0.717) is 18.7 Å². The summed E-state index contributed by atoms with van der Waals surface area (Å²) in [6, 6.07) is 12.3. The molecule has 25 heavy (non-hydrogen) atoms. The molecule has 3 rings (SSSR count). The van der Waals surface area contributed by atoms with Crippen LogP contribution in [0.2, 0.25) is 0 Å². The molecule has 1 aliphatic rings. The van der Waals surface area contributed by atoms with Gasteiger partial charge < -0.3 is 15.2 Å². The lowest BCUT2D eigenvalue weighted by atomic mass is 9.89. The summed E-state index contributed by atoms with van der Waals surface area (Å²) in [7, 11) is 0. The third-order valence-corrected chi connectivity index (χ3v) is 4.61. The van der Waals surface area contributed by atoms with Crippen molar-refractivity contribution in [2.75, 3.05) is 6.54 Å². The molecule has 3 atom stereocenters. The average Bonchev–Trinajstić information content (AvgIpc) is 2.60. The van der Waals surface area contributed by atoms with Gasteiger partial charge in [0.1, 0.15) is 29.6 Å². The molecular weight excluding hydrogens is 324 g/mol. The molecule has 2 aromatic rings. The van der Waals surface area contributed by atoms with Crippen molar-refractivity contribution >= 4 is 0 Å². The van der Waals surface area contributed by atoms with Crippen molar-refractivity contribution in [1.82, 2.24) is 5.32 Å². The molecule has 0 aliphatic heterocycles. The molecule has 2 aromatic carbocycles. The van der Waals surface area contributed by atoms with Gasteiger partial charge in [0.2, 0.25) is 0 Å². The van der Waals surface area contributed by atoms with Gasteiger partial charge in [-0.1, -0.05) is 12.1 Å². The number of nitrogens with one attached hydrogen (secondary N) is 1. The van der Waals surface area contributed by atoms with Gasteiger partial charge in [0, 0.05) is 6.04 Å². The summed E-state index contributed by atoms with van der Waals surface area (Å²) in [5.41, 5.74) is 0.928. The lowest BCUT2D eigenvalue weighted by Crippen LogP contribution is -2.51. The number of ether oxygens (including phenoxy) is 1. The third-order valence-electron chi connectivity index (χ3n) is 4.61. The normalized spacial score (nSPS) is 23.4. The first-order valence-electron chi connectivity index (χ1n) is 8.70. The summed E-state index contributed by atoms with van der Waals surface area (Å²) >= 11 is 0. The first-order valence-corrected chi connectivity index (χ1v) is 8.70. The number of aliphatic hydroxyl groups excluding tert-OH is 1. The molecule has 1 aliphatic carbocycles. The van der Waals surface area contributed by atoms with Crippen molar-refractivity contribution in [3.63, 3.8) is 0 Å². The second-order valence-electron chi connectivity index (χ2n) is 6.47. The number of hydrogen-bond donors (Lipinski definition) is 2. The maximum atomic E-state index is 13.2. The molecule has 3 nitrogen and oxygen atoms in total. The minimum absolute atomic E-state index is 0.0623. The summed E-state index contributed by atoms with van der Waals surface area (Å²) < 4.78 is 32.0. The molecule has 2 N–H and O–H groups in total. The monoisotopic (exact) mass is 347 g/mol. The van der Waals surface area contributed by atoms with E-state index in [4.69, 9.17) is 4.74 Å². The zero-order valence-corrected chi connectivity index (χ0v) is 14.0. The van der Waals surface area contributed by atoms with Crippen LogP contribution in [-0.4, -0.2) is 29.9 Å². The van der Waals surface area contributed by atoms with Crippen LogP contribution in [0.25, 0.3) is 0 Å². The second kappa shape index (κ2) is 8.41. The highest BCUT2D eigenvalue weighted by molar-refractivity contribution is 5.22. The van der Waals surface area contributed by atoms with E-state index in [0.717, 1.165) is 24.8 Å². The van der Waals surface area contributed by atoms with Gasteiger partial charge in [-0.05, 0) is 74.2 Å². The molecule has 1 fully saturated rings. The highest BCUT2D eigenvalue weighted by Gasteiger charge is 2.32. The van der Waals surface area contributed by atoms with E-state index in [1.807, 2.05) is 6.07 Å². The highest BCUT2D eigenvalue weighted by atomic mass is 19.1. The predicted molar refractivity (Wildman–Crippen MR) is 92.6 cm³/mol. The van der Waals surface area contributed by atoms with Crippen LogP contribution in [0.3, 0.4) is 0 Å². The average molecular weight is 347 g/mol. The molecule has 5 heteroatoms. The first-order chi connectivity index (χ1) is 12.1. The standard InChI is InChI=1S/C20H23F2NO2/c21-15-7-9-17(10-8-15)25-19-6-2-5-18(20(19)24)23-12-11-14-3-1-4-16(22)13-14/h1,3-4,7-10,13,18-20,23-24H,2,5-6,11-12H2/t18-,19+,20+/m0/s1. The Morgan fingerprint density at radius 1 is 1.04 bits per heavy atom. The molecule has 134 valence electrons. The SMILES string of the molecule is O[C@@H]1[C@@H](NCCc2cccc(F)c2)CCC[C@H]1Oc1ccc(F)cc1. The van der Waals surface area contributed by atoms with Gasteiger partial charge >= 0.3 is 0 Å². The Morgan fingerprint density at radius 2 is 1.84 bits per heavy atom. The van der Waals surface area contributed by atoms with Crippen molar-refractivity contribution in [3.8, 4) is 5.75 Å². The van der Waals surface area contributed by atoms with E-state index >= 15 is 0 Å². The molecule has 0 radical (unpaired) electrons. The fourth-order valence-electron chi connectivity index (χ4n) is 3.27.